The molecule has 4 heterocycles. The minimum atomic E-state index is -0.102. The first kappa shape index (κ1) is 15.6. The van der Waals surface area contributed by atoms with Gasteiger partial charge in [0.25, 0.3) is 5.56 Å². The first-order valence-electron chi connectivity index (χ1n) is 8.46. The van der Waals surface area contributed by atoms with E-state index in [9.17, 15) is 4.79 Å². The molecule has 1 atom stereocenters. The monoisotopic (exact) mass is 340 g/mol. The summed E-state index contributed by atoms with van der Waals surface area (Å²) in [5, 5.41) is 16.9. The summed E-state index contributed by atoms with van der Waals surface area (Å²) in [5.74, 6) is 1.48. The molecule has 0 spiro atoms. The molecule has 3 aromatic rings. The number of nitrogens with one attached hydrogen (secondary N) is 1. The van der Waals surface area contributed by atoms with Crippen molar-refractivity contribution >= 4 is 22.6 Å². The van der Waals surface area contributed by atoms with Gasteiger partial charge in [0.05, 0.1) is 12.5 Å². The molecule has 1 unspecified atom stereocenters. The van der Waals surface area contributed by atoms with Crippen LogP contribution < -0.4 is 15.8 Å². The largest absolute Gasteiger partial charge is 0.460 e. The maximum atomic E-state index is 11.6. The van der Waals surface area contributed by atoms with E-state index in [1.165, 1.54) is 11.1 Å². The van der Waals surface area contributed by atoms with E-state index in [0.29, 0.717) is 12.4 Å². The van der Waals surface area contributed by atoms with Crippen molar-refractivity contribution in [2.45, 2.75) is 25.3 Å². The molecule has 0 aromatic carbocycles. The van der Waals surface area contributed by atoms with Crippen LogP contribution in [0.5, 0.6) is 0 Å². The third kappa shape index (κ3) is 3.07. The lowest BCUT2D eigenvalue weighted by Gasteiger charge is -2.36. The lowest BCUT2D eigenvalue weighted by molar-refractivity contribution is 0.464. The summed E-state index contributed by atoms with van der Waals surface area (Å²) < 4.78 is 6.88. The average molecular weight is 340 g/mol. The zero-order valence-electron chi connectivity index (χ0n) is 14.1. The molecule has 130 valence electrons. The molecule has 1 fully saturated rings. The van der Waals surface area contributed by atoms with Crippen LogP contribution in [0.3, 0.4) is 0 Å². The summed E-state index contributed by atoms with van der Waals surface area (Å²) in [6.45, 7) is 1.63. The number of furan rings is 1. The summed E-state index contributed by atoms with van der Waals surface area (Å²) in [4.78, 5) is 13.8. The number of hydrogen-bond acceptors (Lipinski definition) is 7. The topological polar surface area (TPSA) is 89.1 Å². The molecule has 0 bridgehead atoms. The van der Waals surface area contributed by atoms with Crippen molar-refractivity contribution in [3.8, 4) is 0 Å². The van der Waals surface area contributed by atoms with Gasteiger partial charge in [0.15, 0.2) is 11.4 Å². The third-order valence-electron chi connectivity index (χ3n) is 4.64. The van der Waals surface area contributed by atoms with Gasteiger partial charge in [0.2, 0.25) is 0 Å². The van der Waals surface area contributed by atoms with Gasteiger partial charge in [0, 0.05) is 37.6 Å². The van der Waals surface area contributed by atoms with Gasteiger partial charge < -0.3 is 14.6 Å². The van der Waals surface area contributed by atoms with Gasteiger partial charge in [-0.05, 0) is 31.4 Å². The molecule has 8 heteroatoms. The van der Waals surface area contributed by atoms with E-state index in [4.69, 9.17) is 4.42 Å². The average Bonchev–Trinajstić information content (AvgIpc) is 3.12. The number of nitrogens with zero attached hydrogens (tertiary/aromatic N) is 5. The molecular weight excluding hydrogens is 320 g/mol. The van der Waals surface area contributed by atoms with E-state index in [0.717, 1.165) is 36.2 Å². The third-order valence-corrected chi connectivity index (χ3v) is 4.64. The minimum Gasteiger partial charge on any atom is -0.460 e. The normalized spacial score (nSPS) is 17.8. The lowest BCUT2D eigenvalue weighted by atomic mass is 10.0. The van der Waals surface area contributed by atoms with E-state index < -0.39 is 0 Å². The van der Waals surface area contributed by atoms with Gasteiger partial charge in [-0.3, -0.25) is 4.79 Å². The highest BCUT2D eigenvalue weighted by atomic mass is 16.3. The Kier molecular flexibility index (Phi) is 4.09. The van der Waals surface area contributed by atoms with Crippen LogP contribution in [0.25, 0.3) is 11.0 Å². The molecule has 0 aliphatic carbocycles. The number of hydrogen-bond donors (Lipinski definition) is 1. The van der Waals surface area contributed by atoms with Crippen LogP contribution in [-0.4, -0.2) is 39.1 Å². The lowest BCUT2D eigenvalue weighted by Crippen LogP contribution is -2.45. The second-order valence-electron chi connectivity index (χ2n) is 6.28. The standard InChI is InChI=1S/C17H20N6O2/c1-22-15(24)6-5-14(21-22)23-8-3-2-4-13(23)11-18-17-16-12(7-9-25-16)10-19-20-17/h5-7,9-10,13H,2-4,8,11H2,1H3,(H,18,20). The number of aromatic nitrogens is 4. The fraction of sp³-hybridized carbons (Fsp3) is 0.412. The van der Waals surface area contributed by atoms with Crippen molar-refractivity contribution in [2.24, 2.45) is 7.05 Å². The highest BCUT2D eigenvalue weighted by Gasteiger charge is 2.24. The summed E-state index contributed by atoms with van der Waals surface area (Å²) in [6.07, 6.45) is 6.67. The van der Waals surface area contributed by atoms with Crippen molar-refractivity contribution in [2.75, 3.05) is 23.3 Å². The molecular formula is C17H20N6O2. The Balaban J connectivity index is 1.54. The molecule has 0 saturated carbocycles. The predicted molar refractivity (Wildman–Crippen MR) is 94.8 cm³/mol. The SMILES string of the molecule is Cn1nc(N2CCCCC2CNc2nncc3ccoc23)ccc1=O. The van der Waals surface area contributed by atoms with Gasteiger partial charge in [-0.1, -0.05) is 0 Å². The van der Waals surface area contributed by atoms with Crippen LogP contribution in [0.1, 0.15) is 19.3 Å². The van der Waals surface area contributed by atoms with Crippen molar-refractivity contribution in [1.29, 1.82) is 0 Å². The van der Waals surface area contributed by atoms with Crippen LogP contribution in [0.4, 0.5) is 11.6 Å². The van der Waals surface area contributed by atoms with Gasteiger partial charge in [-0.25, -0.2) is 4.68 Å². The molecule has 3 aromatic heterocycles. The van der Waals surface area contributed by atoms with Crippen molar-refractivity contribution < 1.29 is 4.42 Å². The Hall–Kier alpha value is -2.90. The molecule has 0 amide bonds. The van der Waals surface area contributed by atoms with Crippen LogP contribution in [-0.2, 0) is 7.05 Å². The number of aryl methyl sites for hydroxylation is 1. The molecule has 0 radical (unpaired) electrons. The predicted octanol–water partition coefficient (Wildman–Crippen LogP) is 1.79. The molecule has 8 nitrogen and oxygen atoms in total. The second-order valence-corrected chi connectivity index (χ2v) is 6.28. The second kappa shape index (κ2) is 6.54. The van der Waals surface area contributed by atoms with Crippen LogP contribution in [0, 0.1) is 0 Å². The highest BCUT2D eigenvalue weighted by molar-refractivity contribution is 5.85. The molecule has 4 rings (SSSR count). The van der Waals surface area contributed by atoms with E-state index in [2.05, 4.69) is 25.5 Å². The number of piperidine rings is 1. The summed E-state index contributed by atoms with van der Waals surface area (Å²) in [6, 6.07) is 5.51. The molecule has 1 N–H and O–H groups in total. The number of rotatable bonds is 4. The molecule has 1 aliphatic rings. The zero-order chi connectivity index (χ0) is 17.2. The zero-order valence-corrected chi connectivity index (χ0v) is 14.1. The first-order valence-corrected chi connectivity index (χ1v) is 8.46. The van der Waals surface area contributed by atoms with Gasteiger partial charge >= 0.3 is 0 Å². The maximum absolute atomic E-state index is 11.6. The van der Waals surface area contributed by atoms with Crippen molar-refractivity contribution in [1.82, 2.24) is 20.0 Å². The van der Waals surface area contributed by atoms with E-state index in [1.54, 1.807) is 31.6 Å². The fourth-order valence-corrected chi connectivity index (χ4v) is 3.30. The van der Waals surface area contributed by atoms with Gasteiger partial charge in [-0.15, -0.1) is 5.10 Å². The Morgan fingerprint density at radius 1 is 1.32 bits per heavy atom. The Morgan fingerprint density at radius 2 is 2.24 bits per heavy atom. The van der Waals surface area contributed by atoms with E-state index in [1.807, 2.05) is 6.07 Å². The van der Waals surface area contributed by atoms with Crippen LogP contribution in [0.15, 0.2) is 39.9 Å². The Bertz CT molecular complexity index is 934. The smallest absolute Gasteiger partial charge is 0.266 e. The molecule has 1 saturated heterocycles. The van der Waals surface area contributed by atoms with E-state index >= 15 is 0 Å². The van der Waals surface area contributed by atoms with Crippen molar-refractivity contribution in [3.63, 3.8) is 0 Å². The Morgan fingerprint density at radius 3 is 3.12 bits per heavy atom. The first-order chi connectivity index (χ1) is 12.2. The maximum Gasteiger partial charge on any atom is 0.266 e. The quantitative estimate of drug-likeness (QED) is 0.774. The summed E-state index contributed by atoms with van der Waals surface area (Å²) in [5.41, 5.74) is 0.618. The van der Waals surface area contributed by atoms with Crippen LogP contribution in [0.2, 0.25) is 0 Å². The summed E-state index contributed by atoms with van der Waals surface area (Å²) >= 11 is 0. The molecule has 1 aliphatic heterocycles. The summed E-state index contributed by atoms with van der Waals surface area (Å²) in [7, 11) is 1.68. The van der Waals surface area contributed by atoms with Crippen molar-refractivity contribution in [3.05, 3.63) is 41.0 Å². The van der Waals surface area contributed by atoms with Crippen LogP contribution >= 0.6 is 0 Å². The Labute approximate surface area is 144 Å². The number of anilines is 2. The molecule has 25 heavy (non-hydrogen) atoms. The highest BCUT2D eigenvalue weighted by Crippen LogP contribution is 2.24. The van der Waals surface area contributed by atoms with Gasteiger partial charge in [-0.2, -0.15) is 10.2 Å². The fourth-order valence-electron chi connectivity index (χ4n) is 3.30. The number of fused-ring (bicyclic) bond motifs is 1. The minimum absolute atomic E-state index is 0.102. The van der Waals surface area contributed by atoms with Gasteiger partial charge in [0.1, 0.15) is 5.82 Å². The van der Waals surface area contributed by atoms with E-state index in [-0.39, 0.29) is 11.6 Å².